The molecule has 0 fully saturated rings. The zero-order chi connectivity index (χ0) is 32.7. The number of carbonyl (C=O) groups is 4. The molecule has 244 valence electrons. The molecule has 0 saturated heterocycles. The summed E-state index contributed by atoms with van der Waals surface area (Å²) in [5.74, 6) is -0.221. The monoisotopic (exact) mass is 606 g/mol. The van der Waals surface area contributed by atoms with Gasteiger partial charge in [-0.3, -0.25) is 4.79 Å². The average Bonchev–Trinajstić information content (AvgIpc) is 2.84. The van der Waals surface area contributed by atoms with E-state index in [1.54, 1.807) is 86.6 Å². The largest absolute Gasteiger partial charge is 0.444 e. The van der Waals surface area contributed by atoms with Crippen LogP contribution in [0.4, 0.5) is 14.4 Å². The maximum Gasteiger partial charge on any atom is 0.407 e. The lowest BCUT2D eigenvalue weighted by atomic mass is 9.83. The number of nitrogens with one attached hydrogen (secondary N) is 4. The third-order valence-corrected chi connectivity index (χ3v) is 5.92. The van der Waals surface area contributed by atoms with Gasteiger partial charge >= 0.3 is 18.3 Å². The molecule has 0 aliphatic rings. The lowest BCUT2D eigenvalue weighted by Gasteiger charge is -2.36. The van der Waals surface area contributed by atoms with Crippen LogP contribution in [-0.2, 0) is 14.2 Å². The zero-order valence-electron chi connectivity index (χ0n) is 27.6. The van der Waals surface area contributed by atoms with Gasteiger partial charge in [-0.2, -0.15) is 0 Å². The van der Waals surface area contributed by atoms with E-state index in [0.717, 1.165) is 0 Å². The van der Waals surface area contributed by atoms with E-state index in [2.05, 4.69) is 21.3 Å². The topological polar surface area (TPSA) is 144 Å². The van der Waals surface area contributed by atoms with Crippen molar-refractivity contribution in [2.75, 3.05) is 19.6 Å². The van der Waals surface area contributed by atoms with Gasteiger partial charge in [-0.05, 0) is 113 Å². The summed E-state index contributed by atoms with van der Waals surface area (Å²) in [5.41, 5.74) is -2.00. The van der Waals surface area contributed by atoms with Gasteiger partial charge < -0.3 is 35.5 Å². The van der Waals surface area contributed by atoms with Crippen molar-refractivity contribution in [3.8, 4) is 0 Å². The molecule has 1 rings (SSSR count). The van der Waals surface area contributed by atoms with Crippen LogP contribution >= 0.6 is 0 Å². The minimum Gasteiger partial charge on any atom is -0.444 e. The Balaban J connectivity index is 3.03. The number of hydrogen-bond donors (Lipinski definition) is 4. The average molecular weight is 607 g/mol. The Hall–Kier alpha value is -3.50. The molecular weight excluding hydrogens is 552 g/mol. The van der Waals surface area contributed by atoms with Crippen LogP contribution in [0.1, 0.15) is 111 Å². The number of rotatable bonds is 14. The predicted molar refractivity (Wildman–Crippen MR) is 167 cm³/mol. The van der Waals surface area contributed by atoms with Gasteiger partial charge in [0.1, 0.15) is 16.8 Å². The molecule has 1 aromatic carbocycles. The molecule has 0 aliphatic carbocycles. The van der Waals surface area contributed by atoms with E-state index in [-0.39, 0.29) is 5.91 Å². The maximum atomic E-state index is 13.4. The Labute approximate surface area is 257 Å². The standard InChI is InChI=1S/C32H54N4O7/c1-29(2,3)41-26(38)33-21-13-18-32(36-25(37)24-16-11-10-12-17-24,19-14-22-34-27(39)42-30(4,5)6)20-15-23-35-28(40)43-31(7,8)9/h10-12,16-17H,13-15,18-23H2,1-9H3,(H,33,38)(H,34,39)(H,35,40)(H,36,37). The fourth-order valence-corrected chi connectivity index (χ4v) is 4.26. The molecule has 0 bridgehead atoms. The highest BCUT2D eigenvalue weighted by molar-refractivity contribution is 5.94. The van der Waals surface area contributed by atoms with Crippen molar-refractivity contribution >= 4 is 24.2 Å². The highest BCUT2D eigenvalue weighted by Crippen LogP contribution is 2.26. The van der Waals surface area contributed by atoms with Gasteiger partial charge in [-0.1, -0.05) is 18.2 Å². The summed E-state index contributed by atoms with van der Waals surface area (Å²) in [6.07, 6.45) is 1.80. The van der Waals surface area contributed by atoms with Crippen molar-refractivity contribution in [2.24, 2.45) is 0 Å². The smallest absolute Gasteiger partial charge is 0.407 e. The molecule has 0 aromatic heterocycles. The Morgan fingerprint density at radius 1 is 0.558 bits per heavy atom. The molecule has 11 nitrogen and oxygen atoms in total. The predicted octanol–water partition coefficient (Wildman–Crippen LogP) is 6.07. The Bertz CT molecular complexity index is 937. The second kappa shape index (κ2) is 17.0. The van der Waals surface area contributed by atoms with Crippen LogP contribution in [0.25, 0.3) is 0 Å². The molecule has 0 unspecified atom stereocenters. The van der Waals surface area contributed by atoms with Gasteiger partial charge in [0.15, 0.2) is 0 Å². The molecule has 0 atom stereocenters. The fourth-order valence-electron chi connectivity index (χ4n) is 4.26. The highest BCUT2D eigenvalue weighted by Gasteiger charge is 2.32. The zero-order valence-corrected chi connectivity index (χ0v) is 27.6. The number of carbonyl (C=O) groups excluding carboxylic acids is 4. The van der Waals surface area contributed by atoms with E-state index in [1.165, 1.54) is 0 Å². The Morgan fingerprint density at radius 2 is 0.884 bits per heavy atom. The first kappa shape index (κ1) is 37.5. The van der Waals surface area contributed by atoms with E-state index >= 15 is 0 Å². The van der Waals surface area contributed by atoms with Crippen LogP contribution in [0.3, 0.4) is 0 Å². The third-order valence-electron chi connectivity index (χ3n) is 5.92. The molecule has 0 saturated carbocycles. The Kier molecular flexibility index (Phi) is 14.8. The summed E-state index contributed by atoms with van der Waals surface area (Å²) in [6, 6.07) is 8.95. The maximum absolute atomic E-state index is 13.4. The summed E-state index contributed by atoms with van der Waals surface area (Å²) >= 11 is 0. The quantitative estimate of drug-likeness (QED) is 0.149. The number of alkyl carbamates (subject to hydrolysis) is 3. The molecule has 1 aromatic rings. The number of ether oxygens (including phenoxy) is 3. The lowest BCUT2D eigenvalue weighted by molar-refractivity contribution is 0.0516. The molecule has 43 heavy (non-hydrogen) atoms. The van der Waals surface area contributed by atoms with Crippen molar-refractivity contribution < 1.29 is 33.4 Å². The SMILES string of the molecule is CC(C)(C)OC(=O)NCCCC(CCCNC(=O)OC(C)(C)C)(CCCNC(=O)OC(C)(C)C)NC(=O)c1ccccc1. The second-order valence-electron chi connectivity index (χ2n) is 13.7. The second-order valence-corrected chi connectivity index (χ2v) is 13.7. The van der Waals surface area contributed by atoms with E-state index in [1.807, 2.05) is 6.07 Å². The van der Waals surface area contributed by atoms with Crippen molar-refractivity contribution in [3.63, 3.8) is 0 Å². The first-order valence-corrected chi connectivity index (χ1v) is 15.1. The van der Waals surface area contributed by atoms with E-state index in [9.17, 15) is 19.2 Å². The van der Waals surface area contributed by atoms with Gasteiger partial charge in [-0.25, -0.2) is 14.4 Å². The number of benzene rings is 1. The summed E-state index contributed by atoms with van der Waals surface area (Å²) < 4.78 is 16.0. The Morgan fingerprint density at radius 3 is 1.19 bits per heavy atom. The minimum atomic E-state index is -0.687. The van der Waals surface area contributed by atoms with E-state index in [4.69, 9.17) is 14.2 Å². The number of hydrogen-bond acceptors (Lipinski definition) is 7. The van der Waals surface area contributed by atoms with Crippen molar-refractivity contribution in [2.45, 2.75) is 123 Å². The van der Waals surface area contributed by atoms with E-state index < -0.39 is 40.6 Å². The summed E-state index contributed by atoms with van der Waals surface area (Å²) in [5, 5.41) is 11.6. The molecule has 4 N–H and O–H groups in total. The molecule has 0 aliphatic heterocycles. The lowest BCUT2D eigenvalue weighted by Crippen LogP contribution is -2.50. The molecule has 4 amide bonds. The van der Waals surface area contributed by atoms with Gasteiger partial charge in [0.05, 0.1) is 0 Å². The highest BCUT2D eigenvalue weighted by atomic mass is 16.6. The van der Waals surface area contributed by atoms with Gasteiger partial charge in [-0.15, -0.1) is 0 Å². The fraction of sp³-hybridized carbons (Fsp3) is 0.688. The van der Waals surface area contributed by atoms with Gasteiger partial charge in [0, 0.05) is 30.7 Å². The third kappa shape index (κ3) is 18.6. The van der Waals surface area contributed by atoms with Crippen molar-refractivity contribution in [1.29, 1.82) is 0 Å². The first-order valence-electron chi connectivity index (χ1n) is 15.1. The molecule has 0 heterocycles. The van der Waals surface area contributed by atoms with Crippen LogP contribution in [0.5, 0.6) is 0 Å². The van der Waals surface area contributed by atoms with Gasteiger partial charge in [0.25, 0.3) is 5.91 Å². The first-order chi connectivity index (χ1) is 19.8. The van der Waals surface area contributed by atoms with E-state index in [0.29, 0.717) is 63.7 Å². The van der Waals surface area contributed by atoms with Crippen LogP contribution in [0, 0.1) is 0 Å². The molecule has 11 heteroatoms. The summed E-state index contributed by atoms with van der Waals surface area (Å²) in [7, 11) is 0. The van der Waals surface area contributed by atoms with Crippen molar-refractivity contribution in [3.05, 3.63) is 35.9 Å². The minimum absolute atomic E-state index is 0.221. The molecule has 0 spiro atoms. The molecule has 0 radical (unpaired) electrons. The van der Waals surface area contributed by atoms with Crippen LogP contribution < -0.4 is 21.3 Å². The van der Waals surface area contributed by atoms with Gasteiger partial charge in [0.2, 0.25) is 0 Å². The van der Waals surface area contributed by atoms with Crippen LogP contribution in [-0.4, -0.2) is 66.2 Å². The normalized spacial score (nSPS) is 12.1. The number of amides is 4. The van der Waals surface area contributed by atoms with Crippen LogP contribution in [0.15, 0.2) is 30.3 Å². The summed E-state index contributed by atoms with van der Waals surface area (Å²) in [4.78, 5) is 49.9. The molecular formula is C32H54N4O7. The summed E-state index contributed by atoms with van der Waals surface area (Å²) in [6.45, 7) is 17.2. The van der Waals surface area contributed by atoms with Crippen LogP contribution in [0.2, 0.25) is 0 Å². The van der Waals surface area contributed by atoms with Crippen molar-refractivity contribution in [1.82, 2.24) is 21.3 Å².